The van der Waals surface area contributed by atoms with Crippen molar-refractivity contribution in [3.8, 4) is 0 Å². The Morgan fingerprint density at radius 3 is 2.37 bits per heavy atom. The van der Waals surface area contributed by atoms with Crippen LogP contribution >= 0.6 is 15.9 Å². The topological polar surface area (TPSA) is 12.0 Å². The molecule has 0 saturated carbocycles. The fourth-order valence-electron chi connectivity index (χ4n) is 1.84. The van der Waals surface area contributed by atoms with Crippen LogP contribution in [0.1, 0.15) is 30.9 Å². The van der Waals surface area contributed by atoms with Gasteiger partial charge in [-0.1, -0.05) is 32.0 Å². The van der Waals surface area contributed by atoms with Gasteiger partial charge in [0.2, 0.25) is 0 Å². The van der Waals surface area contributed by atoms with Crippen molar-refractivity contribution >= 4 is 21.6 Å². The summed E-state index contributed by atoms with van der Waals surface area (Å²) in [4.78, 5) is 0. The van der Waals surface area contributed by atoms with Crippen LogP contribution in [0.3, 0.4) is 0 Å². The lowest BCUT2D eigenvalue weighted by Gasteiger charge is -2.09. The minimum Gasteiger partial charge on any atom is -0.381 e. The maximum absolute atomic E-state index is 13.1. The van der Waals surface area contributed by atoms with E-state index < -0.39 is 0 Å². The number of halogens is 2. The van der Waals surface area contributed by atoms with Crippen molar-refractivity contribution in [2.75, 3.05) is 5.32 Å². The third-order valence-corrected chi connectivity index (χ3v) is 3.67. The van der Waals surface area contributed by atoms with Crippen molar-refractivity contribution in [1.82, 2.24) is 0 Å². The van der Waals surface area contributed by atoms with E-state index in [1.807, 2.05) is 0 Å². The fraction of sp³-hybridized carbons (Fsp3) is 0.250. The van der Waals surface area contributed by atoms with Gasteiger partial charge in [0.05, 0.1) is 4.47 Å². The second-order valence-electron chi connectivity index (χ2n) is 4.88. The van der Waals surface area contributed by atoms with Crippen LogP contribution in [0.2, 0.25) is 0 Å². The van der Waals surface area contributed by atoms with E-state index in [0.717, 1.165) is 11.3 Å². The van der Waals surface area contributed by atoms with Gasteiger partial charge in [-0.25, -0.2) is 4.39 Å². The van der Waals surface area contributed by atoms with Gasteiger partial charge in [0.1, 0.15) is 5.82 Å². The zero-order chi connectivity index (χ0) is 13.8. The van der Waals surface area contributed by atoms with Crippen LogP contribution in [0.25, 0.3) is 0 Å². The van der Waals surface area contributed by atoms with E-state index in [1.165, 1.54) is 11.6 Å². The highest BCUT2D eigenvalue weighted by Crippen LogP contribution is 2.19. The molecule has 0 fully saturated rings. The lowest BCUT2D eigenvalue weighted by atomic mass is 10.0. The SMILES string of the molecule is CC(C)c1ccc(NCc2ccc(F)c(Br)c2)cc1. The Morgan fingerprint density at radius 1 is 1.11 bits per heavy atom. The first-order valence-corrected chi connectivity index (χ1v) is 7.13. The first-order valence-electron chi connectivity index (χ1n) is 6.34. The Labute approximate surface area is 122 Å². The zero-order valence-electron chi connectivity index (χ0n) is 11.1. The lowest BCUT2D eigenvalue weighted by molar-refractivity contribution is 0.620. The minimum absolute atomic E-state index is 0.231. The number of anilines is 1. The van der Waals surface area contributed by atoms with Crippen molar-refractivity contribution in [2.45, 2.75) is 26.3 Å². The number of nitrogens with one attached hydrogen (secondary N) is 1. The van der Waals surface area contributed by atoms with Crippen molar-refractivity contribution in [3.63, 3.8) is 0 Å². The molecule has 19 heavy (non-hydrogen) atoms. The van der Waals surface area contributed by atoms with Crippen LogP contribution < -0.4 is 5.32 Å². The third-order valence-electron chi connectivity index (χ3n) is 3.06. The van der Waals surface area contributed by atoms with Crippen LogP contribution in [0, 0.1) is 5.82 Å². The first kappa shape index (κ1) is 14.1. The molecule has 0 aromatic heterocycles. The molecule has 0 heterocycles. The van der Waals surface area contributed by atoms with Gasteiger partial charge in [0.25, 0.3) is 0 Å². The van der Waals surface area contributed by atoms with Gasteiger partial charge in [-0.05, 0) is 57.2 Å². The summed E-state index contributed by atoms with van der Waals surface area (Å²) >= 11 is 3.19. The van der Waals surface area contributed by atoms with E-state index in [-0.39, 0.29) is 5.82 Å². The molecule has 0 unspecified atom stereocenters. The van der Waals surface area contributed by atoms with Gasteiger partial charge in [-0.3, -0.25) is 0 Å². The summed E-state index contributed by atoms with van der Waals surface area (Å²) in [5, 5.41) is 3.33. The molecule has 2 aromatic carbocycles. The summed E-state index contributed by atoms with van der Waals surface area (Å²) < 4.78 is 13.6. The highest BCUT2D eigenvalue weighted by atomic mass is 79.9. The Hall–Kier alpha value is -1.35. The molecule has 2 rings (SSSR count). The van der Waals surface area contributed by atoms with Crippen molar-refractivity contribution in [2.24, 2.45) is 0 Å². The van der Waals surface area contributed by atoms with Gasteiger partial charge in [0.15, 0.2) is 0 Å². The fourth-order valence-corrected chi connectivity index (χ4v) is 2.27. The van der Waals surface area contributed by atoms with Crippen LogP contribution in [-0.2, 0) is 6.54 Å². The van der Waals surface area contributed by atoms with Crippen molar-refractivity contribution < 1.29 is 4.39 Å². The minimum atomic E-state index is -0.231. The van der Waals surface area contributed by atoms with E-state index in [1.54, 1.807) is 12.1 Å². The Bertz CT molecular complexity index is 549. The second kappa shape index (κ2) is 6.20. The van der Waals surface area contributed by atoms with E-state index in [9.17, 15) is 4.39 Å². The summed E-state index contributed by atoms with van der Waals surface area (Å²) in [7, 11) is 0. The Kier molecular flexibility index (Phi) is 4.59. The van der Waals surface area contributed by atoms with Crippen LogP contribution in [0.5, 0.6) is 0 Å². The van der Waals surface area contributed by atoms with Crippen molar-refractivity contribution in [1.29, 1.82) is 0 Å². The quantitative estimate of drug-likeness (QED) is 0.803. The van der Waals surface area contributed by atoms with Gasteiger partial charge in [-0.2, -0.15) is 0 Å². The molecule has 3 heteroatoms. The number of benzene rings is 2. The molecule has 0 aliphatic rings. The standard InChI is InChI=1S/C16H17BrFN/c1-11(2)13-4-6-14(7-5-13)19-10-12-3-8-16(18)15(17)9-12/h3-9,11,19H,10H2,1-2H3. The molecule has 0 saturated heterocycles. The van der Waals surface area contributed by atoms with Gasteiger partial charge >= 0.3 is 0 Å². The average molecular weight is 322 g/mol. The summed E-state index contributed by atoms with van der Waals surface area (Å²) in [6, 6.07) is 13.5. The Morgan fingerprint density at radius 2 is 1.79 bits per heavy atom. The van der Waals surface area contributed by atoms with Gasteiger partial charge in [0, 0.05) is 12.2 Å². The highest BCUT2D eigenvalue weighted by molar-refractivity contribution is 9.10. The number of rotatable bonds is 4. The largest absolute Gasteiger partial charge is 0.381 e. The van der Waals surface area contributed by atoms with Gasteiger partial charge < -0.3 is 5.32 Å². The maximum atomic E-state index is 13.1. The van der Waals surface area contributed by atoms with Crippen LogP contribution in [0.4, 0.5) is 10.1 Å². The van der Waals surface area contributed by atoms with E-state index in [4.69, 9.17) is 0 Å². The molecule has 1 N–H and O–H groups in total. The zero-order valence-corrected chi connectivity index (χ0v) is 12.7. The second-order valence-corrected chi connectivity index (χ2v) is 5.73. The molecule has 0 bridgehead atoms. The Balaban J connectivity index is 2.00. The molecule has 0 aliphatic carbocycles. The predicted octanol–water partition coefficient (Wildman–Crippen LogP) is 5.32. The van der Waals surface area contributed by atoms with Crippen LogP contribution in [-0.4, -0.2) is 0 Å². The smallest absolute Gasteiger partial charge is 0.137 e. The summed E-state index contributed by atoms with van der Waals surface area (Å²) in [5.41, 5.74) is 3.45. The monoisotopic (exact) mass is 321 g/mol. The molecule has 0 atom stereocenters. The predicted molar refractivity (Wildman–Crippen MR) is 82.0 cm³/mol. The molecule has 0 amide bonds. The van der Waals surface area contributed by atoms with Crippen molar-refractivity contribution in [3.05, 3.63) is 63.9 Å². The molecule has 0 spiro atoms. The normalized spacial score (nSPS) is 10.8. The highest BCUT2D eigenvalue weighted by Gasteiger charge is 2.01. The average Bonchev–Trinajstić information content (AvgIpc) is 2.40. The first-order chi connectivity index (χ1) is 9.06. The molecule has 0 radical (unpaired) electrons. The molecular weight excluding hydrogens is 305 g/mol. The molecule has 2 aromatic rings. The number of hydrogen-bond acceptors (Lipinski definition) is 1. The molecule has 1 nitrogen and oxygen atoms in total. The number of hydrogen-bond donors (Lipinski definition) is 1. The lowest BCUT2D eigenvalue weighted by Crippen LogP contribution is -2.00. The molecular formula is C16H17BrFN. The third kappa shape index (κ3) is 3.80. The summed E-state index contributed by atoms with van der Waals surface area (Å²) in [5.74, 6) is 0.312. The van der Waals surface area contributed by atoms with Gasteiger partial charge in [-0.15, -0.1) is 0 Å². The summed E-state index contributed by atoms with van der Waals surface area (Å²) in [6.45, 7) is 5.04. The van der Waals surface area contributed by atoms with E-state index in [0.29, 0.717) is 16.9 Å². The summed E-state index contributed by atoms with van der Waals surface area (Å²) in [6.07, 6.45) is 0. The van der Waals surface area contributed by atoms with Crippen LogP contribution in [0.15, 0.2) is 46.9 Å². The van der Waals surface area contributed by atoms with E-state index in [2.05, 4.69) is 59.4 Å². The molecule has 100 valence electrons. The van der Waals surface area contributed by atoms with E-state index >= 15 is 0 Å². The molecule has 0 aliphatic heterocycles. The maximum Gasteiger partial charge on any atom is 0.137 e.